The van der Waals surface area contributed by atoms with Crippen LogP contribution in [-0.2, 0) is 4.74 Å². The maximum absolute atomic E-state index is 11.7. The van der Waals surface area contributed by atoms with Crippen molar-refractivity contribution in [3.05, 3.63) is 83.4 Å². The van der Waals surface area contributed by atoms with Crippen LogP contribution < -0.4 is 0 Å². The Labute approximate surface area is 118 Å². The van der Waals surface area contributed by atoms with Crippen molar-refractivity contribution >= 4 is 17.3 Å². The molecule has 2 nitrogen and oxygen atoms in total. The maximum Gasteiger partial charge on any atom is 0.344 e. The number of allylic oxidation sites excluding steroid dienone is 3. The number of carbonyl (C=O) groups excluding carboxylic acids is 1. The van der Waals surface area contributed by atoms with Crippen molar-refractivity contribution < 1.29 is 9.53 Å². The quantitative estimate of drug-likeness (QED) is 0.754. The van der Waals surface area contributed by atoms with Gasteiger partial charge in [0.25, 0.3) is 0 Å². The summed E-state index contributed by atoms with van der Waals surface area (Å²) in [5.41, 5.74) is 3.76. The fourth-order valence-corrected chi connectivity index (χ4v) is 2.21. The van der Waals surface area contributed by atoms with E-state index in [1.807, 2.05) is 55.5 Å². The second-order valence-corrected chi connectivity index (χ2v) is 4.68. The van der Waals surface area contributed by atoms with E-state index in [1.54, 1.807) is 6.07 Å². The van der Waals surface area contributed by atoms with E-state index < -0.39 is 0 Å². The predicted molar refractivity (Wildman–Crippen MR) is 79.9 cm³/mol. The summed E-state index contributed by atoms with van der Waals surface area (Å²) in [4.78, 5) is 11.7. The minimum Gasteiger partial charge on any atom is -0.422 e. The van der Waals surface area contributed by atoms with E-state index in [9.17, 15) is 4.79 Å². The van der Waals surface area contributed by atoms with Crippen molar-refractivity contribution in [3.8, 4) is 0 Å². The van der Waals surface area contributed by atoms with Gasteiger partial charge in [-0.1, -0.05) is 54.6 Å². The van der Waals surface area contributed by atoms with Crippen LogP contribution in [0.2, 0.25) is 0 Å². The Morgan fingerprint density at radius 1 is 0.950 bits per heavy atom. The first kappa shape index (κ1) is 12.4. The van der Waals surface area contributed by atoms with Crippen LogP contribution in [0.5, 0.6) is 0 Å². The highest BCUT2D eigenvalue weighted by Gasteiger charge is 2.24. The zero-order valence-electron chi connectivity index (χ0n) is 11.2. The lowest BCUT2D eigenvalue weighted by atomic mass is 10.1. The molecular weight excluding hydrogens is 248 g/mol. The van der Waals surface area contributed by atoms with Gasteiger partial charge >= 0.3 is 5.97 Å². The van der Waals surface area contributed by atoms with Gasteiger partial charge in [0.15, 0.2) is 0 Å². The summed E-state index contributed by atoms with van der Waals surface area (Å²) in [5, 5.41) is 0. The topological polar surface area (TPSA) is 26.3 Å². The summed E-state index contributed by atoms with van der Waals surface area (Å²) in [7, 11) is 0. The van der Waals surface area contributed by atoms with Crippen LogP contribution in [0.3, 0.4) is 0 Å². The van der Waals surface area contributed by atoms with Crippen LogP contribution in [0.15, 0.2) is 66.7 Å². The summed E-state index contributed by atoms with van der Waals surface area (Å²) in [6.45, 7) is 2.04. The van der Waals surface area contributed by atoms with Gasteiger partial charge in [0, 0.05) is 5.56 Å². The monoisotopic (exact) mass is 262 g/mol. The zero-order valence-corrected chi connectivity index (χ0v) is 11.2. The second kappa shape index (κ2) is 5.17. The Morgan fingerprint density at radius 2 is 1.60 bits per heavy atom. The first-order valence-electron chi connectivity index (χ1n) is 6.51. The molecule has 20 heavy (non-hydrogen) atoms. The van der Waals surface area contributed by atoms with Gasteiger partial charge in [0.1, 0.15) is 5.76 Å². The number of fused-ring (bicyclic) bond motifs is 1. The van der Waals surface area contributed by atoms with E-state index in [-0.39, 0.29) is 5.97 Å². The number of esters is 1. The minimum atomic E-state index is -0.280. The van der Waals surface area contributed by atoms with Gasteiger partial charge < -0.3 is 4.74 Å². The lowest BCUT2D eigenvalue weighted by Gasteiger charge is -2.00. The lowest BCUT2D eigenvalue weighted by molar-refractivity contribution is 0.0716. The molecule has 0 unspecified atom stereocenters. The number of benzene rings is 2. The molecule has 0 saturated carbocycles. The Balaban J connectivity index is 1.93. The Morgan fingerprint density at radius 3 is 2.35 bits per heavy atom. The fourth-order valence-electron chi connectivity index (χ4n) is 2.21. The first-order chi connectivity index (χ1) is 9.75. The van der Waals surface area contributed by atoms with Gasteiger partial charge in [-0.2, -0.15) is 0 Å². The van der Waals surface area contributed by atoms with Crippen molar-refractivity contribution in [3.63, 3.8) is 0 Å². The van der Waals surface area contributed by atoms with Crippen LogP contribution in [0.25, 0.3) is 11.3 Å². The van der Waals surface area contributed by atoms with Crippen LogP contribution in [-0.4, -0.2) is 5.97 Å². The van der Waals surface area contributed by atoms with Crippen molar-refractivity contribution in [2.75, 3.05) is 0 Å². The molecule has 0 radical (unpaired) electrons. The summed E-state index contributed by atoms with van der Waals surface area (Å²) in [6.07, 6.45) is 3.83. The maximum atomic E-state index is 11.7. The Hall–Kier alpha value is -2.61. The largest absolute Gasteiger partial charge is 0.422 e. The van der Waals surface area contributed by atoms with Gasteiger partial charge in [0.05, 0.1) is 5.56 Å². The van der Waals surface area contributed by atoms with E-state index in [4.69, 9.17) is 4.74 Å². The number of rotatable bonds is 2. The van der Waals surface area contributed by atoms with Gasteiger partial charge in [-0.3, -0.25) is 0 Å². The molecular formula is C18H14O2. The first-order valence-corrected chi connectivity index (χ1v) is 6.51. The Kier molecular flexibility index (Phi) is 3.21. The van der Waals surface area contributed by atoms with E-state index in [0.29, 0.717) is 11.3 Å². The average Bonchev–Trinajstić information content (AvgIpc) is 2.83. The lowest BCUT2D eigenvalue weighted by Crippen LogP contribution is -1.92. The molecule has 1 aliphatic heterocycles. The van der Waals surface area contributed by atoms with E-state index in [0.717, 1.165) is 16.7 Å². The standard InChI is InChI=1S/C18H14O2/c1-13(14-7-3-2-4-8-14)11-12-17-15-9-5-6-10-16(15)18(19)20-17/h2-12H,1H3/b13-11+,17-12+. The van der Waals surface area contributed by atoms with Crippen LogP contribution in [0.1, 0.15) is 28.4 Å². The predicted octanol–water partition coefficient (Wildman–Crippen LogP) is 4.30. The third-order valence-corrected chi connectivity index (χ3v) is 3.33. The molecule has 2 aromatic carbocycles. The van der Waals surface area contributed by atoms with Crippen molar-refractivity contribution in [2.24, 2.45) is 0 Å². The molecule has 0 bridgehead atoms. The van der Waals surface area contributed by atoms with E-state index in [1.165, 1.54) is 0 Å². The second-order valence-electron chi connectivity index (χ2n) is 4.68. The van der Waals surface area contributed by atoms with Crippen molar-refractivity contribution in [2.45, 2.75) is 6.92 Å². The molecule has 2 heteroatoms. The smallest absolute Gasteiger partial charge is 0.344 e. The Bertz CT molecular complexity index is 709. The van der Waals surface area contributed by atoms with Gasteiger partial charge in [-0.25, -0.2) is 4.79 Å². The molecule has 1 aliphatic rings. The fraction of sp³-hybridized carbons (Fsp3) is 0.0556. The molecule has 0 amide bonds. The SMILES string of the molecule is C/C(=C\C=C1\OC(=O)c2ccccc21)c1ccccc1. The number of cyclic esters (lactones) is 1. The average molecular weight is 262 g/mol. The minimum absolute atomic E-state index is 0.280. The summed E-state index contributed by atoms with van der Waals surface area (Å²) in [5.74, 6) is 0.332. The third kappa shape index (κ3) is 2.28. The molecule has 0 fully saturated rings. The molecule has 3 rings (SSSR count). The third-order valence-electron chi connectivity index (χ3n) is 3.33. The molecule has 98 valence electrons. The molecule has 0 saturated heterocycles. The van der Waals surface area contributed by atoms with Crippen LogP contribution in [0.4, 0.5) is 0 Å². The molecule has 0 aromatic heterocycles. The van der Waals surface area contributed by atoms with Gasteiger partial charge in [0.2, 0.25) is 0 Å². The number of carbonyl (C=O) groups is 1. The highest BCUT2D eigenvalue weighted by atomic mass is 16.5. The van der Waals surface area contributed by atoms with E-state index in [2.05, 4.69) is 12.1 Å². The normalized spacial score (nSPS) is 16.1. The number of ether oxygens (including phenoxy) is 1. The zero-order chi connectivity index (χ0) is 13.9. The highest BCUT2D eigenvalue weighted by molar-refractivity contribution is 6.03. The van der Waals surface area contributed by atoms with Crippen molar-refractivity contribution in [1.29, 1.82) is 0 Å². The summed E-state index contributed by atoms with van der Waals surface area (Å²) < 4.78 is 5.30. The van der Waals surface area contributed by atoms with Crippen LogP contribution in [0, 0.1) is 0 Å². The molecule has 1 heterocycles. The number of hydrogen-bond donors (Lipinski definition) is 0. The highest BCUT2D eigenvalue weighted by Crippen LogP contribution is 2.29. The number of hydrogen-bond acceptors (Lipinski definition) is 2. The van der Waals surface area contributed by atoms with Crippen LogP contribution >= 0.6 is 0 Å². The summed E-state index contributed by atoms with van der Waals surface area (Å²) in [6, 6.07) is 17.5. The van der Waals surface area contributed by atoms with Gasteiger partial charge in [-0.15, -0.1) is 0 Å². The molecule has 0 atom stereocenters. The molecule has 0 aliphatic carbocycles. The molecule has 2 aromatic rings. The summed E-state index contributed by atoms with van der Waals surface area (Å²) >= 11 is 0. The van der Waals surface area contributed by atoms with Crippen molar-refractivity contribution in [1.82, 2.24) is 0 Å². The molecule has 0 N–H and O–H groups in total. The van der Waals surface area contributed by atoms with Gasteiger partial charge in [-0.05, 0) is 30.2 Å². The molecule has 0 spiro atoms. The van der Waals surface area contributed by atoms with E-state index >= 15 is 0 Å².